The molecule has 1 saturated carbocycles. The second-order valence-electron chi connectivity index (χ2n) is 7.95. The minimum atomic E-state index is -0.562. The molecule has 0 bridgehead atoms. The van der Waals surface area contributed by atoms with Crippen molar-refractivity contribution in [3.05, 3.63) is 74.4 Å². The van der Waals surface area contributed by atoms with Gasteiger partial charge in [-0.05, 0) is 43.0 Å². The van der Waals surface area contributed by atoms with E-state index in [-0.39, 0.29) is 11.6 Å². The van der Waals surface area contributed by atoms with Crippen LogP contribution in [0.2, 0.25) is 0 Å². The number of rotatable bonds is 5. The van der Waals surface area contributed by atoms with E-state index in [0.717, 1.165) is 47.9 Å². The second kappa shape index (κ2) is 7.82. The number of anilines is 2. The molecule has 0 saturated heterocycles. The van der Waals surface area contributed by atoms with Crippen LogP contribution >= 0.6 is 0 Å². The lowest BCUT2D eigenvalue weighted by Gasteiger charge is -2.17. The highest BCUT2D eigenvalue weighted by Gasteiger charge is 2.21. The highest BCUT2D eigenvalue weighted by molar-refractivity contribution is 5.79. The van der Waals surface area contributed by atoms with Gasteiger partial charge < -0.3 is 5.32 Å². The fourth-order valence-corrected chi connectivity index (χ4v) is 4.21. The van der Waals surface area contributed by atoms with E-state index >= 15 is 0 Å². The quantitative estimate of drug-likeness (QED) is 0.511. The molecule has 9 heteroatoms. The summed E-state index contributed by atoms with van der Waals surface area (Å²) in [7, 11) is 0. The highest BCUT2D eigenvalue weighted by atomic mass is 16.5. The van der Waals surface area contributed by atoms with Crippen molar-refractivity contribution >= 4 is 22.7 Å². The molecule has 0 unspecified atom stereocenters. The Morgan fingerprint density at radius 1 is 1.19 bits per heavy atom. The van der Waals surface area contributed by atoms with Crippen molar-refractivity contribution in [1.82, 2.24) is 24.7 Å². The number of nitrogens with zero attached hydrogens (tertiary/aromatic N) is 4. The molecule has 9 nitrogen and oxygen atoms in total. The van der Waals surface area contributed by atoms with Gasteiger partial charge in [0.1, 0.15) is 5.65 Å². The molecular formula is C22H22N6O3. The fraction of sp³-hybridized carbons (Fsp3) is 0.318. The summed E-state index contributed by atoms with van der Waals surface area (Å²) in [5.74, 6) is 0.356. The third-order valence-corrected chi connectivity index (χ3v) is 5.76. The molecule has 0 amide bonds. The van der Waals surface area contributed by atoms with Crippen LogP contribution in [0.15, 0.2) is 50.6 Å². The van der Waals surface area contributed by atoms with Gasteiger partial charge in [-0.25, -0.2) is 9.78 Å². The van der Waals surface area contributed by atoms with Crippen LogP contribution in [0, 0.1) is 6.92 Å². The Hall–Kier alpha value is -3.75. The van der Waals surface area contributed by atoms with Gasteiger partial charge in [0.25, 0.3) is 5.56 Å². The Kier molecular flexibility index (Phi) is 4.85. The Labute approximate surface area is 177 Å². The van der Waals surface area contributed by atoms with Crippen LogP contribution in [0.5, 0.6) is 0 Å². The number of hydrogen-bond donors (Lipinski definition) is 2. The lowest BCUT2D eigenvalue weighted by molar-refractivity contribution is 0.382. The number of nitrogens with one attached hydrogen (secondary N) is 2. The van der Waals surface area contributed by atoms with Gasteiger partial charge >= 0.3 is 5.76 Å². The molecule has 1 aliphatic carbocycles. The van der Waals surface area contributed by atoms with Gasteiger partial charge in [0.05, 0.1) is 0 Å². The maximum absolute atomic E-state index is 12.7. The number of fused-ring (bicyclic) bond motifs is 1. The van der Waals surface area contributed by atoms with Crippen molar-refractivity contribution in [2.45, 2.75) is 45.1 Å². The molecule has 2 N–H and O–H groups in total. The SMILES string of the molecule is Cc1cc(=O)n(C2CCCC2)c2nc(Nc3ccc(Cc4noc(=O)[nH]4)cc3)ncc12. The predicted molar refractivity (Wildman–Crippen MR) is 116 cm³/mol. The van der Waals surface area contributed by atoms with E-state index in [4.69, 9.17) is 4.98 Å². The average Bonchev–Trinajstić information content (AvgIpc) is 3.41. The van der Waals surface area contributed by atoms with Gasteiger partial charge in [-0.1, -0.05) is 30.1 Å². The molecule has 5 rings (SSSR count). The van der Waals surface area contributed by atoms with Crippen LogP contribution in [0.1, 0.15) is 48.7 Å². The smallest absolute Gasteiger partial charge is 0.324 e. The number of aromatic nitrogens is 5. The number of pyridine rings is 1. The third-order valence-electron chi connectivity index (χ3n) is 5.76. The summed E-state index contributed by atoms with van der Waals surface area (Å²) in [6, 6.07) is 9.53. The standard InChI is InChI=1S/C22H22N6O3/c1-13-10-19(29)28(16-4-2-3-5-16)20-17(13)12-23-21(26-20)24-15-8-6-14(7-9-15)11-18-25-22(30)31-27-18/h6-10,12,16H,2-5,11H2,1H3,(H,23,24,26)(H,25,27,30). The number of H-pyrrole nitrogens is 1. The average molecular weight is 418 g/mol. The summed E-state index contributed by atoms with van der Waals surface area (Å²) in [4.78, 5) is 35.5. The Morgan fingerprint density at radius 3 is 2.68 bits per heavy atom. The lowest BCUT2D eigenvalue weighted by Crippen LogP contribution is -2.24. The molecule has 31 heavy (non-hydrogen) atoms. The van der Waals surface area contributed by atoms with Crippen molar-refractivity contribution < 1.29 is 4.52 Å². The van der Waals surface area contributed by atoms with Gasteiger partial charge in [-0.15, -0.1) is 0 Å². The zero-order valence-electron chi connectivity index (χ0n) is 17.1. The number of hydrogen-bond acceptors (Lipinski definition) is 7. The van der Waals surface area contributed by atoms with Gasteiger partial charge in [0.15, 0.2) is 5.82 Å². The van der Waals surface area contributed by atoms with Gasteiger partial charge in [-0.2, -0.15) is 4.98 Å². The van der Waals surface area contributed by atoms with Crippen LogP contribution in [-0.4, -0.2) is 24.7 Å². The molecule has 1 aliphatic rings. The van der Waals surface area contributed by atoms with Crippen molar-refractivity contribution in [2.24, 2.45) is 0 Å². The zero-order chi connectivity index (χ0) is 21.4. The normalized spacial score (nSPS) is 14.4. The summed E-state index contributed by atoms with van der Waals surface area (Å²) in [5.41, 5.74) is 3.35. The largest absolute Gasteiger partial charge is 0.438 e. The molecule has 0 atom stereocenters. The zero-order valence-corrected chi connectivity index (χ0v) is 17.1. The molecule has 0 radical (unpaired) electrons. The molecule has 0 aliphatic heterocycles. The van der Waals surface area contributed by atoms with Crippen LogP contribution in [0.4, 0.5) is 11.6 Å². The van der Waals surface area contributed by atoms with E-state index in [2.05, 4.69) is 25.0 Å². The fourth-order valence-electron chi connectivity index (χ4n) is 4.21. The molecule has 3 aromatic heterocycles. The van der Waals surface area contributed by atoms with Crippen LogP contribution < -0.4 is 16.6 Å². The Morgan fingerprint density at radius 2 is 1.97 bits per heavy atom. The molecule has 3 heterocycles. The minimum absolute atomic E-state index is 0.00296. The van der Waals surface area contributed by atoms with E-state index in [1.54, 1.807) is 12.3 Å². The number of aromatic amines is 1. The van der Waals surface area contributed by atoms with Crippen LogP contribution in [0.3, 0.4) is 0 Å². The molecule has 1 aromatic carbocycles. The van der Waals surface area contributed by atoms with Gasteiger partial charge in [-0.3, -0.25) is 18.9 Å². The molecule has 4 aromatic rings. The molecular weight excluding hydrogens is 396 g/mol. The maximum atomic E-state index is 12.7. The molecule has 0 spiro atoms. The topological polar surface area (TPSA) is 119 Å². The van der Waals surface area contributed by atoms with E-state index in [0.29, 0.717) is 23.8 Å². The summed E-state index contributed by atoms with van der Waals surface area (Å²) in [6.07, 6.45) is 6.52. The predicted octanol–water partition coefficient (Wildman–Crippen LogP) is 3.23. The summed E-state index contributed by atoms with van der Waals surface area (Å²) >= 11 is 0. The first-order valence-electron chi connectivity index (χ1n) is 10.4. The third kappa shape index (κ3) is 3.86. The van der Waals surface area contributed by atoms with Gasteiger partial charge in [0, 0.05) is 35.8 Å². The van der Waals surface area contributed by atoms with E-state index in [1.807, 2.05) is 35.8 Å². The van der Waals surface area contributed by atoms with Crippen LogP contribution in [0.25, 0.3) is 11.0 Å². The van der Waals surface area contributed by atoms with Crippen molar-refractivity contribution in [3.63, 3.8) is 0 Å². The minimum Gasteiger partial charge on any atom is -0.324 e. The van der Waals surface area contributed by atoms with E-state index in [1.165, 1.54) is 0 Å². The van der Waals surface area contributed by atoms with Crippen molar-refractivity contribution in [2.75, 3.05) is 5.32 Å². The summed E-state index contributed by atoms with van der Waals surface area (Å²) < 4.78 is 6.36. The van der Waals surface area contributed by atoms with E-state index < -0.39 is 5.76 Å². The maximum Gasteiger partial charge on any atom is 0.438 e. The van der Waals surface area contributed by atoms with Crippen LogP contribution in [-0.2, 0) is 6.42 Å². The first-order valence-corrected chi connectivity index (χ1v) is 10.4. The summed E-state index contributed by atoms with van der Waals surface area (Å²) in [5, 5.41) is 7.79. The summed E-state index contributed by atoms with van der Waals surface area (Å²) in [6.45, 7) is 1.92. The Bertz CT molecular complexity index is 1350. The first kappa shape index (κ1) is 19.2. The second-order valence-corrected chi connectivity index (χ2v) is 7.95. The lowest BCUT2D eigenvalue weighted by atomic mass is 10.1. The number of aryl methyl sites for hydroxylation is 1. The molecule has 158 valence electrons. The number of benzene rings is 1. The monoisotopic (exact) mass is 418 g/mol. The Balaban J connectivity index is 1.43. The highest BCUT2D eigenvalue weighted by Crippen LogP contribution is 2.31. The molecule has 1 fully saturated rings. The van der Waals surface area contributed by atoms with Gasteiger partial charge in [0.2, 0.25) is 5.95 Å². The first-order chi connectivity index (χ1) is 15.1. The van der Waals surface area contributed by atoms with Crippen molar-refractivity contribution in [1.29, 1.82) is 0 Å². The van der Waals surface area contributed by atoms with E-state index in [9.17, 15) is 9.59 Å². The van der Waals surface area contributed by atoms with Crippen molar-refractivity contribution in [3.8, 4) is 0 Å².